The Morgan fingerprint density at radius 3 is 2.17 bits per heavy atom. The lowest BCUT2D eigenvalue weighted by Gasteiger charge is -2.14. The number of hydrogen-bond donors (Lipinski definition) is 2. The zero-order chi connectivity index (χ0) is 9.45. The van der Waals surface area contributed by atoms with Gasteiger partial charge in [0.1, 0.15) is 5.67 Å². The summed E-state index contributed by atoms with van der Waals surface area (Å²) in [6.07, 6.45) is 1.15. The molecule has 2 nitrogen and oxygen atoms in total. The quantitative estimate of drug-likeness (QED) is 0.572. The molecular weight excluding hydrogens is 155 g/mol. The molecule has 0 saturated heterocycles. The lowest BCUT2D eigenvalue weighted by molar-refractivity contribution is 0.211. The fourth-order valence-electron chi connectivity index (χ4n) is 0.864. The molecule has 74 valence electrons. The summed E-state index contributed by atoms with van der Waals surface area (Å²) in [5, 5.41) is 6.28. The average molecular weight is 176 g/mol. The first kappa shape index (κ1) is 11.8. The van der Waals surface area contributed by atoms with Gasteiger partial charge < -0.3 is 10.6 Å². The number of alkyl halides is 1. The van der Waals surface area contributed by atoms with Gasteiger partial charge in [-0.3, -0.25) is 0 Å². The highest BCUT2D eigenvalue weighted by molar-refractivity contribution is 4.69. The standard InChI is InChI=1S/C9H21FN2/c1-4-5-11-6-7-12-8-9(2,3)10/h11-12H,4-8H2,1-3H3. The van der Waals surface area contributed by atoms with Gasteiger partial charge in [-0.15, -0.1) is 0 Å². The van der Waals surface area contributed by atoms with Crippen molar-refractivity contribution in [3.05, 3.63) is 0 Å². The Labute approximate surface area is 74.9 Å². The van der Waals surface area contributed by atoms with Gasteiger partial charge in [-0.25, -0.2) is 4.39 Å². The van der Waals surface area contributed by atoms with E-state index in [1.54, 1.807) is 13.8 Å². The molecule has 0 unspecified atom stereocenters. The second-order valence-electron chi connectivity index (χ2n) is 3.65. The summed E-state index contributed by atoms with van der Waals surface area (Å²) >= 11 is 0. The highest BCUT2D eigenvalue weighted by atomic mass is 19.1. The first-order chi connectivity index (χ1) is 5.56. The van der Waals surface area contributed by atoms with Crippen molar-refractivity contribution in [1.29, 1.82) is 0 Å². The van der Waals surface area contributed by atoms with E-state index in [-0.39, 0.29) is 0 Å². The van der Waals surface area contributed by atoms with E-state index in [1.165, 1.54) is 0 Å². The van der Waals surface area contributed by atoms with Crippen LogP contribution in [0.3, 0.4) is 0 Å². The van der Waals surface area contributed by atoms with Gasteiger partial charge in [0, 0.05) is 19.6 Å². The van der Waals surface area contributed by atoms with E-state index < -0.39 is 5.67 Å². The maximum Gasteiger partial charge on any atom is 0.117 e. The Morgan fingerprint density at radius 2 is 1.67 bits per heavy atom. The minimum Gasteiger partial charge on any atom is -0.315 e. The summed E-state index contributed by atoms with van der Waals surface area (Å²) in [6, 6.07) is 0. The predicted molar refractivity (Wildman–Crippen MR) is 51.2 cm³/mol. The summed E-state index contributed by atoms with van der Waals surface area (Å²) in [5.41, 5.74) is -1.09. The molecule has 0 bridgehead atoms. The van der Waals surface area contributed by atoms with Crippen LogP contribution in [0.1, 0.15) is 27.2 Å². The highest BCUT2D eigenvalue weighted by Gasteiger charge is 2.13. The van der Waals surface area contributed by atoms with Gasteiger partial charge in [-0.05, 0) is 26.8 Å². The first-order valence-electron chi connectivity index (χ1n) is 4.66. The van der Waals surface area contributed by atoms with Gasteiger partial charge in [0.2, 0.25) is 0 Å². The summed E-state index contributed by atoms with van der Waals surface area (Å²) < 4.78 is 12.9. The number of rotatable bonds is 7. The zero-order valence-corrected chi connectivity index (χ0v) is 8.41. The number of hydrogen-bond acceptors (Lipinski definition) is 2. The second-order valence-corrected chi connectivity index (χ2v) is 3.65. The van der Waals surface area contributed by atoms with Crippen LogP contribution >= 0.6 is 0 Å². The molecule has 0 aliphatic carbocycles. The van der Waals surface area contributed by atoms with Crippen LogP contribution in [0.15, 0.2) is 0 Å². The molecule has 0 aromatic carbocycles. The zero-order valence-electron chi connectivity index (χ0n) is 8.41. The van der Waals surface area contributed by atoms with Gasteiger partial charge in [-0.1, -0.05) is 6.92 Å². The molecule has 12 heavy (non-hydrogen) atoms. The minimum absolute atomic E-state index is 0.431. The van der Waals surface area contributed by atoms with Crippen LogP contribution < -0.4 is 10.6 Å². The summed E-state index contributed by atoms with van der Waals surface area (Å²) in [5.74, 6) is 0. The average Bonchev–Trinajstić information content (AvgIpc) is 1.94. The Hall–Kier alpha value is -0.150. The highest BCUT2D eigenvalue weighted by Crippen LogP contribution is 2.04. The largest absolute Gasteiger partial charge is 0.315 e. The van der Waals surface area contributed by atoms with E-state index in [0.717, 1.165) is 26.1 Å². The van der Waals surface area contributed by atoms with Crippen LogP contribution in [0, 0.1) is 0 Å². The summed E-state index contributed by atoms with van der Waals surface area (Å²) in [6.45, 7) is 8.53. The van der Waals surface area contributed by atoms with E-state index in [9.17, 15) is 4.39 Å². The van der Waals surface area contributed by atoms with E-state index >= 15 is 0 Å². The molecule has 0 radical (unpaired) electrons. The Kier molecular flexibility index (Phi) is 6.30. The molecule has 0 heterocycles. The summed E-state index contributed by atoms with van der Waals surface area (Å²) in [7, 11) is 0. The van der Waals surface area contributed by atoms with Crippen molar-refractivity contribution in [3.63, 3.8) is 0 Å². The molecule has 0 aromatic heterocycles. The topological polar surface area (TPSA) is 24.1 Å². The maximum atomic E-state index is 12.9. The van der Waals surface area contributed by atoms with Crippen LogP contribution in [0.5, 0.6) is 0 Å². The van der Waals surface area contributed by atoms with Crippen LogP contribution in [0.25, 0.3) is 0 Å². The normalized spacial score (nSPS) is 12.0. The van der Waals surface area contributed by atoms with E-state index in [1.807, 2.05) is 0 Å². The van der Waals surface area contributed by atoms with Crippen molar-refractivity contribution in [2.24, 2.45) is 0 Å². The van der Waals surface area contributed by atoms with Crippen LogP contribution in [0.2, 0.25) is 0 Å². The van der Waals surface area contributed by atoms with Crippen molar-refractivity contribution >= 4 is 0 Å². The van der Waals surface area contributed by atoms with Crippen molar-refractivity contribution < 1.29 is 4.39 Å². The van der Waals surface area contributed by atoms with Gasteiger partial charge >= 0.3 is 0 Å². The van der Waals surface area contributed by atoms with Crippen LogP contribution in [-0.2, 0) is 0 Å². The predicted octanol–water partition coefficient (Wildman–Crippen LogP) is 1.32. The van der Waals surface area contributed by atoms with Crippen molar-refractivity contribution in [1.82, 2.24) is 10.6 Å². The Balaban J connectivity index is 3.01. The van der Waals surface area contributed by atoms with E-state index in [4.69, 9.17) is 0 Å². The molecular formula is C9H21FN2. The smallest absolute Gasteiger partial charge is 0.117 e. The molecule has 0 fully saturated rings. The maximum absolute atomic E-state index is 12.9. The number of halogens is 1. The lowest BCUT2D eigenvalue weighted by Crippen LogP contribution is -2.35. The van der Waals surface area contributed by atoms with Crippen molar-refractivity contribution in [2.75, 3.05) is 26.2 Å². The fourth-order valence-corrected chi connectivity index (χ4v) is 0.864. The molecule has 0 atom stereocenters. The molecule has 0 aliphatic heterocycles. The molecule has 3 heteroatoms. The van der Waals surface area contributed by atoms with E-state index in [0.29, 0.717) is 6.54 Å². The molecule has 0 aliphatic rings. The molecule has 0 spiro atoms. The van der Waals surface area contributed by atoms with Crippen LogP contribution in [-0.4, -0.2) is 31.8 Å². The Bertz CT molecular complexity index is 99.2. The van der Waals surface area contributed by atoms with E-state index in [2.05, 4.69) is 17.6 Å². The third kappa shape index (κ3) is 9.85. The molecule has 2 N–H and O–H groups in total. The third-order valence-corrected chi connectivity index (χ3v) is 1.45. The molecule has 0 amide bonds. The van der Waals surface area contributed by atoms with Gasteiger partial charge in [-0.2, -0.15) is 0 Å². The van der Waals surface area contributed by atoms with Gasteiger partial charge in [0.05, 0.1) is 0 Å². The molecule has 0 rings (SSSR count). The minimum atomic E-state index is -1.09. The number of nitrogens with one attached hydrogen (secondary N) is 2. The lowest BCUT2D eigenvalue weighted by atomic mass is 10.2. The fraction of sp³-hybridized carbons (Fsp3) is 1.00. The molecule has 0 saturated carbocycles. The SMILES string of the molecule is CCCNCCNCC(C)(C)F. The Morgan fingerprint density at radius 1 is 1.08 bits per heavy atom. The second kappa shape index (κ2) is 6.38. The summed E-state index contributed by atoms with van der Waals surface area (Å²) in [4.78, 5) is 0. The van der Waals surface area contributed by atoms with Gasteiger partial charge in [0.25, 0.3) is 0 Å². The van der Waals surface area contributed by atoms with Crippen molar-refractivity contribution in [2.45, 2.75) is 32.9 Å². The van der Waals surface area contributed by atoms with Crippen LogP contribution in [0.4, 0.5) is 4.39 Å². The molecule has 0 aromatic rings. The monoisotopic (exact) mass is 176 g/mol. The first-order valence-corrected chi connectivity index (χ1v) is 4.66. The third-order valence-electron chi connectivity index (χ3n) is 1.45. The van der Waals surface area contributed by atoms with Crippen molar-refractivity contribution in [3.8, 4) is 0 Å². The van der Waals surface area contributed by atoms with Gasteiger partial charge in [0.15, 0.2) is 0 Å².